The van der Waals surface area contributed by atoms with Gasteiger partial charge in [0.05, 0.1) is 11.9 Å². The van der Waals surface area contributed by atoms with E-state index in [1.807, 2.05) is 43.3 Å². The molecule has 0 bridgehead atoms. The number of nitrogens with one attached hydrogen (secondary N) is 1. The summed E-state index contributed by atoms with van der Waals surface area (Å²) < 4.78 is 31.6. The Morgan fingerprint density at radius 1 is 1.22 bits per heavy atom. The maximum atomic E-state index is 12.6. The number of rotatable bonds is 5. The SMILES string of the molecule is Cc1ccc2c(c1)N(S(C)(=O)=O)CC[C@H](C(=O)NCCc1ccccc1)O2. The van der Waals surface area contributed by atoms with Crippen molar-refractivity contribution >= 4 is 21.6 Å². The van der Waals surface area contributed by atoms with Crippen molar-refractivity contribution in [1.29, 1.82) is 0 Å². The van der Waals surface area contributed by atoms with Gasteiger partial charge in [0.15, 0.2) is 6.10 Å². The normalized spacial score (nSPS) is 16.8. The van der Waals surface area contributed by atoms with Gasteiger partial charge in [0, 0.05) is 19.5 Å². The van der Waals surface area contributed by atoms with Crippen molar-refractivity contribution in [3.8, 4) is 5.75 Å². The number of benzene rings is 2. The Kier molecular flexibility index (Phi) is 5.70. The van der Waals surface area contributed by atoms with Crippen molar-refractivity contribution in [1.82, 2.24) is 5.32 Å². The second kappa shape index (κ2) is 8.00. The Bertz CT molecular complexity index is 913. The number of carbonyl (C=O) groups is 1. The van der Waals surface area contributed by atoms with Crippen molar-refractivity contribution in [2.75, 3.05) is 23.7 Å². The molecule has 1 aliphatic heterocycles. The van der Waals surface area contributed by atoms with E-state index in [1.54, 1.807) is 12.1 Å². The van der Waals surface area contributed by atoms with E-state index >= 15 is 0 Å². The molecule has 144 valence electrons. The predicted octanol–water partition coefficient (Wildman–Crippen LogP) is 2.27. The van der Waals surface area contributed by atoms with E-state index in [4.69, 9.17) is 4.74 Å². The molecule has 0 saturated heterocycles. The van der Waals surface area contributed by atoms with Gasteiger partial charge in [0.2, 0.25) is 10.0 Å². The van der Waals surface area contributed by atoms with Crippen molar-refractivity contribution in [3.63, 3.8) is 0 Å². The van der Waals surface area contributed by atoms with E-state index in [1.165, 1.54) is 10.6 Å². The van der Waals surface area contributed by atoms with Gasteiger partial charge in [-0.25, -0.2) is 8.42 Å². The first-order valence-corrected chi connectivity index (χ1v) is 10.8. The molecule has 1 amide bonds. The molecule has 7 heteroatoms. The maximum Gasteiger partial charge on any atom is 0.261 e. The topological polar surface area (TPSA) is 75.7 Å². The van der Waals surface area contributed by atoms with Crippen LogP contribution in [-0.4, -0.2) is 39.8 Å². The fourth-order valence-corrected chi connectivity index (χ4v) is 4.04. The van der Waals surface area contributed by atoms with Crippen molar-refractivity contribution in [2.45, 2.75) is 25.9 Å². The van der Waals surface area contributed by atoms with Gasteiger partial charge in [0.25, 0.3) is 5.91 Å². The number of hydrogen-bond acceptors (Lipinski definition) is 4. The van der Waals surface area contributed by atoms with Crippen LogP contribution in [0.3, 0.4) is 0 Å². The van der Waals surface area contributed by atoms with Crippen molar-refractivity contribution in [3.05, 3.63) is 59.7 Å². The first-order chi connectivity index (χ1) is 12.8. The first-order valence-electron chi connectivity index (χ1n) is 8.91. The maximum absolute atomic E-state index is 12.6. The highest BCUT2D eigenvalue weighted by Gasteiger charge is 2.31. The molecule has 0 fully saturated rings. The van der Waals surface area contributed by atoms with Crippen LogP contribution in [0.4, 0.5) is 5.69 Å². The molecule has 0 spiro atoms. The minimum Gasteiger partial charge on any atom is -0.478 e. The Hall–Kier alpha value is -2.54. The van der Waals surface area contributed by atoms with Gasteiger partial charge < -0.3 is 10.1 Å². The largest absolute Gasteiger partial charge is 0.478 e. The molecule has 0 aliphatic carbocycles. The van der Waals surface area contributed by atoms with E-state index in [0.717, 1.165) is 17.5 Å². The standard InChI is InChI=1S/C20H24N2O4S/c1-15-8-9-18-17(14-15)22(27(2,24)25)13-11-19(26-18)20(23)21-12-10-16-6-4-3-5-7-16/h3-9,14,19H,10-13H2,1-2H3,(H,21,23)/t19-/m1/s1. The fourth-order valence-electron chi connectivity index (χ4n) is 3.11. The minimum atomic E-state index is -3.46. The molecule has 0 aromatic heterocycles. The van der Waals surface area contributed by atoms with Crippen LogP contribution < -0.4 is 14.4 Å². The van der Waals surface area contributed by atoms with Crippen LogP contribution in [0.15, 0.2) is 48.5 Å². The first kappa shape index (κ1) is 19.2. The summed E-state index contributed by atoms with van der Waals surface area (Å²) in [5.41, 5.74) is 2.55. The quantitative estimate of drug-likeness (QED) is 0.853. The van der Waals surface area contributed by atoms with E-state index in [2.05, 4.69) is 5.32 Å². The molecule has 0 saturated carbocycles. The highest BCUT2D eigenvalue weighted by Crippen LogP contribution is 2.34. The van der Waals surface area contributed by atoms with Gasteiger partial charge in [-0.3, -0.25) is 9.10 Å². The lowest BCUT2D eigenvalue weighted by Gasteiger charge is -2.21. The lowest BCUT2D eigenvalue weighted by atomic mass is 10.1. The lowest BCUT2D eigenvalue weighted by Crippen LogP contribution is -2.40. The summed E-state index contributed by atoms with van der Waals surface area (Å²) in [7, 11) is -3.46. The number of ether oxygens (including phenoxy) is 1. The molecule has 2 aromatic carbocycles. The Labute approximate surface area is 160 Å². The molecule has 6 nitrogen and oxygen atoms in total. The van der Waals surface area contributed by atoms with E-state index < -0.39 is 16.1 Å². The molecule has 0 radical (unpaired) electrons. The zero-order valence-electron chi connectivity index (χ0n) is 15.5. The molecule has 3 rings (SSSR count). The molecule has 1 N–H and O–H groups in total. The fraction of sp³-hybridized carbons (Fsp3) is 0.350. The van der Waals surface area contributed by atoms with Crippen LogP contribution in [0.2, 0.25) is 0 Å². The molecule has 27 heavy (non-hydrogen) atoms. The summed E-state index contributed by atoms with van der Waals surface area (Å²) in [4.78, 5) is 12.6. The Morgan fingerprint density at radius 3 is 2.67 bits per heavy atom. The van der Waals surface area contributed by atoms with Gasteiger partial charge in [-0.15, -0.1) is 0 Å². The minimum absolute atomic E-state index is 0.200. The molecular weight excluding hydrogens is 364 g/mol. The predicted molar refractivity (Wildman–Crippen MR) is 106 cm³/mol. The number of carbonyl (C=O) groups excluding carboxylic acids is 1. The summed E-state index contributed by atoms with van der Waals surface area (Å²) in [6.07, 6.45) is 1.45. The van der Waals surface area contributed by atoms with Gasteiger partial charge in [0.1, 0.15) is 5.75 Å². The summed E-state index contributed by atoms with van der Waals surface area (Å²) >= 11 is 0. The summed E-state index contributed by atoms with van der Waals surface area (Å²) in [6, 6.07) is 15.2. The summed E-state index contributed by atoms with van der Waals surface area (Å²) in [6.45, 7) is 2.59. The highest BCUT2D eigenvalue weighted by atomic mass is 32.2. The number of nitrogens with zero attached hydrogens (tertiary/aromatic N) is 1. The molecule has 1 heterocycles. The number of amides is 1. The third kappa shape index (κ3) is 4.80. The summed E-state index contributed by atoms with van der Waals surface area (Å²) in [5, 5.41) is 2.89. The molecule has 0 unspecified atom stereocenters. The molecule has 1 atom stereocenters. The number of hydrogen-bond donors (Lipinski definition) is 1. The zero-order valence-corrected chi connectivity index (χ0v) is 16.3. The lowest BCUT2D eigenvalue weighted by molar-refractivity contribution is -0.128. The Morgan fingerprint density at radius 2 is 1.96 bits per heavy atom. The second-order valence-electron chi connectivity index (χ2n) is 6.73. The van der Waals surface area contributed by atoms with Crippen LogP contribution in [0.5, 0.6) is 5.75 Å². The number of anilines is 1. The third-order valence-corrected chi connectivity index (χ3v) is 5.68. The smallest absolute Gasteiger partial charge is 0.261 e. The van der Waals surface area contributed by atoms with E-state index in [9.17, 15) is 13.2 Å². The highest BCUT2D eigenvalue weighted by molar-refractivity contribution is 7.92. The molecular formula is C20H24N2O4S. The van der Waals surface area contributed by atoms with Gasteiger partial charge in [-0.05, 0) is 36.6 Å². The van der Waals surface area contributed by atoms with Gasteiger partial charge in [-0.2, -0.15) is 0 Å². The average molecular weight is 388 g/mol. The van der Waals surface area contributed by atoms with Crippen LogP contribution in [0, 0.1) is 6.92 Å². The van der Waals surface area contributed by atoms with E-state index in [0.29, 0.717) is 18.0 Å². The van der Waals surface area contributed by atoms with Crippen LogP contribution >= 0.6 is 0 Å². The zero-order chi connectivity index (χ0) is 19.4. The molecule has 2 aromatic rings. The van der Waals surface area contributed by atoms with E-state index in [-0.39, 0.29) is 18.9 Å². The second-order valence-corrected chi connectivity index (χ2v) is 8.63. The number of fused-ring (bicyclic) bond motifs is 1. The van der Waals surface area contributed by atoms with Crippen molar-refractivity contribution in [2.24, 2.45) is 0 Å². The molecule has 1 aliphatic rings. The average Bonchev–Trinajstić information content (AvgIpc) is 2.81. The van der Waals surface area contributed by atoms with Crippen molar-refractivity contribution < 1.29 is 17.9 Å². The third-order valence-electron chi connectivity index (χ3n) is 4.50. The monoisotopic (exact) mass is 388 g/mol. The summed E-state index contributed by atoms with van der Waals surface area (Å²) in [5.74, 6) is 0.180. The number of sulfonamides is 1. The Balaban J connectivity index is 1.71. The van der Waals surface area contributed by atoms with Crippen LogP contribution in [0.1, 0.15) is 17.5 Å². The van der Waals surface area contributed by atoms with Crippen LogP contribution in [-0.2, 0) is 21.2 Å². The van der Waals surface area contributed by atoms with Gasteiger partial charge >= 0.3 is 0 Å². The van der Waals surface area contributed by atoms with Crippen LogP contribution in [0.25, 0.3) is 0 Å². The van der Waals surface area contributed by atoms with Gasteiger partial charge in [-0.1, -0.05) is 36.4 Å². The number of aryl methyl sites for hydroxylation is 1.